The summed E-state index contributed by atoms with van der Waals surface area (Å²) < 4.78 is 37.0. The first-order chi connectivity index (χ1) is 7.74. The normalized spacial score (nSPS) is 11.2. The largest absolute Gasteiger partial charge is 0.478 e. The Bertz CT molecular complexity index is 580. The predicted octanol–water partition coefficient (Wildman–Crippen LogP) is 2.21. The molecule has 4 nitrogen and oxygen atoms in total. The lowest BCUT2D eigenvalue weighted by atomic mass is 10.2. The van der Waals surface area contributed by atoms with Gasteiger partial charge in [0, 0.05) is 4.48 Å². The zero-order valence-corrected chi connectivity index (χ0v) is 10.9. The second-order valence-corrected chi connectivity index (χ2v) is 6.31. The number of sulfone groups is 1. The van der Waals surface area contributed by atoms with E-state index in [1.807, 2.05) is 0 Å². The minimum Gasteiger partial charge on any atom is -0.478 e. The van der Waals surface area contributed by atoms with Crippen LogP contribution in [0.2, 0.25) is 0 Å². The van der Waals surface area contributed by atoms with Crippen molar-refractivity contribution in [2.45, 2.75) is 4.90 Å². The Balaban J connectivity index is 3.25. The van der Waals surface area contributed by atoms with Gasteiger partial charge in [-0.3, -0.25) is 0 Å². The minimum absolute atomic E-state index is 0.194. The fourth-order valence-electron chi connectivity index (χ4n) is 1.17. The molecular formula is C10H8BrFO4S. The van der Waals surface area contributed by atoms with Crippen LogP contribution in [0.1, 0.15) is 10.4 Å². The third-order valence-corrected chi connectivity index (χ3v) is 4.24. The molecule has 0 unspecified atom stereocenters. The Kier molecular flexibility index (Phi) is 4.05. The lowest BCUT2D eigenvalue weighted by Gasteiger charge is -2.05. The van der Waals surface area contributed by atoms with E-state index >= 15 is 0 Å². The van der Waals surface area contributed by atoms with Gasteiger partial charge in [0.05, 0.1) is 11.3 Å². The highest BCUT2D eigenvalue weighted by atomic mass is 79.9. The fourth-order valence-corrected chi connectivity index (χ4v) is 3.27. The van der Waals surface area contributed by atoms with Gasteiger partial charge < -0.3 is 5.11 Å². The highest BCUT2D eigenvalue weighted by Gasteiger charge is 2.20. The van der Waals surface area contributed by atoms with Gasteiger partial charge in [0.15, 0.2) is 9.84 Å². The molecule has 1 N–H and O–H groups in total. The van der Waals surface area contributed by atoms with Gasteiger partial charge in [0.2, 0.25) is 0 Å². The number of carboxylic acids is 1. The molecule has 1 rings (SSSR count). The first-order valence-electron chi connectivity index (χ1n) is 4.33. The van der Waals surface area contributed by atoms with Gasteiger partial charge in [-0.2, -0.15) is 0 Å². The smallest absolute Gasteiger partial charge is 0.335 e. The molecule has 7 heteroatoms. The summed E-state index contributed by atoms with van der Waals surface area (Å²) in [5, 5.41) is 8.61. The maximum absolute atomic E-state index is 13.5. The van der Waals surface area contributed by atoms with E-state index in [1.54, 1.807) is 0 Å². The molecule has 17 heavy (non-hydrogen) atoms. The van der Waals surface area contributed by atoms with E-state index in [9.17, 15) is 17.6 Å². The molecule has 0 spiro atoms. The Morgan fingerprint density at radius 2 is 2.06 bits per heavy atom. The summed E-state index contributed by atoms with van der Waals surface area (Å²) in [5.74, 6) is -2.85. The molecule has 0 atom stereocenters. The molecule has 1 aromatic carbocycles. The quantitative estimate of drug-likeness (QED) is 0.922. The van der Waals surface area contributed by atoms with Crippen molar-refractivity contribution < 1.29 is 22.7 Å². The number of benzene rings is 1. The molecule has 0 radical (unpaired) electrons. The topological polar surface area (TPSA) is 71.4 Å². The van der Waals surface area contributed by atoms with E-state index in [1.165, 1.54) is 0 Å². The summed E-state index contributed by atoms with van der Waals surface area (Å²) in [4.78, 5) is 10.0. The van der Waals surface area contributed by atoms with E-state index < -0.39 is 32.3 Å². The van der Waals surface area contributed by atoms with Crippen LogP contribution in [0.4, 0.5) is 4.39 Å². The maximum Gasteiger partial charge on any atom is 0.335 e. The summed E-state index contributed by atoms with van der Waals surface area (Å²) in [6, 6.07) is 2.64. The summed E-state index contributed by atoms with van der Waals surface area (Å²) in [7, 11) is -3.85. The van der Waals surface area contributed by atoms with E-state index in [-0.39, 0.29) is 10.0 Å². The second-order valence-electron chi connectivity index (χ2n) is 3.23. The van der Waals surface area contributed by atoms with Gasteiger partial charge in [0.1, 0.15) is 10.7 Å². The molecule has 92 valence electrons. The van der Waals surface area contributed by atoms with Gasteiger partial charge in [0.25, 0.3) is 0 Å². The van der Waals surface area contributed by atoms with Crippen molar-refractivity contribution in [3.8, 4) is 0 Å². The number of hydrogen-bond donors (Lipinski definition) is 1. The average molecular weight is 323 g/mol. The highest BCUT2D eigenvalue weighted by Crippen LogP contribution is 2.20. The summed E-state index contributed by atoms with van der Waals surface area (Å²) >= 11 is 2.88. The van der Waals surface area contributed by atoms with Crippen LogP contribution in [0, 0.1) is 5.82 Å². The van der Waals surface area contributed by atoms with Crippen LogP contribution >= 0.6 is 15.9 Å². The van der Waals surface area contributed by atoms with E-state index in [0.717, 1.165) is 12.1 Å². The standard InChI is InChI=1S/C10H8BrFO4S/c1-6(11)5-17(15,16)9-3-2-7(10(13)14)4-8(9)12/h2-4H,1,5H2,(H,13,14). The molecular weight excluding hydrogens is 315 g/mol. The lowest BCUT2D eigenvalue weighted by molar-refractivity contribution is 0.0696. The SMILES string of the molecule is C=C(Br)CS(=O)(=O)c1ccc(C(=O)O)cc1F. The molecule has 0 saturated carbocycles. The Morgan fingerprint density at radius 1 is 1.47 bits per heavy atom. The Hall–Kier alpha value is -1.21. The van der Waals surface area contributed by atoms with Gasteiger partial charge >= 0.3 is 5.97 Å². The zero-order valence-electron chi connectivity index (χ0n) is 8.48. The molecule has 0 amide bonds. The molecule has 0 aliphatic rings. The summed E-state index contributed by atoms with van der Waals surface area (Å²) in [6.45, 7) is 3.36. The molecule has 0 aliphatic heterocycles. The lowest BCUT2D eigenvalue weighted by Crippen LogP contribution is -2.10. The molecule has 1 aromatic rings. The molecule has 0 aromatic heterocycles. The van der Waals surface area contributed by atoms with Crippen molar-refractivity contribution in [2.24, 2.45) is 0 Å². The zero-order chi connectivity index (χ0) is 13.2. The molecule has 0 fully saturated rings. The predicted molar refractivity (Wildman–Crippen MR) is 63.5 cm³/mol. The van der Waals surface area contributed by atoms with Crippen molar-refractivity contribution in [3.63, 3.8) is 0 Å². The van der Waals surface area contributed by atoms with Crippen LogP contribution < -0.4 is 0 Å². The van der Waals surface area contributed by atoms with E-state index in [0.29, 0.717) is 6.07 Å². The van der Waals surface area contributed by atoms with Crippen LogP contribution in [0.15, 0.2) is 34.2 Å². The summed E-state index contributed by atoms with van der Waals surface area (Å²) in [6.07, 6.45) is 0. The third kappa shape index (κ3) is 3.37. The summed E-state index contributed by atoms with van der Waals surface area (Å²) in [5.41, 5.74) is -0.306. The number of carboxylic acid groups (broad SMARTS) is 1. The van der Waals surface area contributed by atoms with Gasteiger partial charge in [-0.1, -0.05) is 22.5 Å². The highest BCUT2D eigenvalue weighted by molar-refractivity contribution is 9.11. The fraction of sp³-hybridized carbons (Fsp3) is 0.100. The first-order valence-corrected chi connectivity index (χ1v) is 6.77. The van der Waals surface area contributed by atoms with Gasteiger partial charge in [-0.25, -0.2) is 17.6 Å². The van der Waals surface area contributed by atoms with Gasteiger partial charge in [-0.15, -0.1) is 0 Å². The molecule has 0 saturated heterocycles. The molecule has 0 bridgehead atoms. The van der Waals surface area contributed by atoms with Crippen LogP contribution in [-0.2, 0) is 9.84 Å². The average Bonchev–Trinajstić information content (AvgIpc) is 2.14. The maximum atomic E-state index is 13.5. The number of halogens is 2. The van der Waals surface area contributed by atoms with E-state index in [2.05, 4.69) is 22.5 Å². The second kappa shape index (κ2) is 4.97. The number of aromatic carboxylic acids is 1. The van der Waals surface area contributed by atoms with Crippen LogP contribution in [0.25, 0.3) is 0 Å². The van der Waals surface area contributed by atoms with Crippen LogP contribution in [0.3, 0.4) is 0 Å². The van der Waals surface area contributed by atoms with Crippen molar-refractivity contribution in [1.82, 2.24) is 0 Å². The first kappa shape index (κ1) is 13.9. The monoisotopic (exact) mass is 322 g/mol. The minimum atomic E-state index is -3.85. The number of hydrogen-bond acceptors (Lipinski definition) is 3. The van der Waals surface area contributed by atoms with Crippen LogP contribution in [0.5, 0.6) is 0 Å². The van der Waals surface area contributed by atoms with Gasteiger partial charge in [-0.05, 0) is 18.2 Å². The molecule has 0 heterocycles. The van der Waals surface area contributed by atoms with Crippen molar-refractivity contribution in [1.29, 1.82) is 0 Å². The Morgan fingerprint density at radius 3 is 2.47 bits per heavy atom. The van der Waals surface area contributed by atoms with Crippen molar-refractivity contribution >= 4 is 31.7 Å². The molecule has 0 aliphatic carbocycles. The Labute approximate surface area is 106 Å². The third-order valence-electron chi connectivity index (χ3n) is 1.86. The van der Waals surface area contributed by atoms with Crippen LogP contribution in [-0.4, -0.2) is 25.2 Å². The van der Waals surface area contributed by atoms with E-state index in [4.69, 9.17) is 5.11 Å². The van der Waals surface area contributed by atoms with Crippen molar-refractivity contribution in [2.75, 3.05) is 5.75 Å². The number of rotatable bonds is 4. The number of carbonyl (C=O) groups is 1. The van der Waals surface area contributed by atoms with Crippen molar-refractivity contribution in [3.05, 3.63) is 40.6 Å².